The maximum absolute atomic E-state index is 12.6. The summed E-state index contributed by atoms with van der Waals surface area (Å²) in [5, 5.41) is 3.59. The second-order valence-electron chi connectivity index (χ2n) is 6.14. The molecule has 2 aromatic heterocycles. The Balaban J connectivity index is 1.40. The molecule has 1 fully saturated rings. The fourth-order valence-electron chi connectivity index (χ4n) is 3.17. The standard InChI is InChI=1S/C18H19N5O2S/c1-25-13-3-2-4-14-16(13)21-18(26-14)22-17(24)12-5-9-23(10-6-12)15-11-19-7-8-20-15/h2-4,7-8,11-12H,5-6,9-10H2,1H3,(H,21,22,24). The second kappa shape index (κ2) is 7.25. The average Bonchev–Trinajstić information content (AvgIpc) is 3.11. The monoisotopic (exact) mass is 369 g/mol. The highest BCUT2D eigenvalue weighted by atomic mass is 32.1. The van der Waals surface area contributed by atoms with Crippen LogP contribution in [0.5, 0.6) is 5.75 Å². The van der Waals surface area contributed by atoms with E-state index in [9.17, 15) is 4.79 Å². The average molecular weight is 369 g/mol. The molecular weight excluding hydrogens is 350 g/mol. The quantitative estimate of drug-likeness (QED) is 0.762. The van der Waals surface area contributed by atoms with Gasteiger partial charge in [0.25, 0.3) is 0 Å². The van der Waals surface area contributed by atoms with E-state index in [0.717, 1.165) is 47.7 Å². The molecule has 1 aliphatic rings. The fraction of sp³-hybridized carbons (Fsp3) is 0.333. The highest BCUT2D eigenvalue weighted by Crippen LogP contribution is 2.32. The molecule has 1 saturated heterocycles. The summed E-state index contributed by atoms with van der Waals surface area (Å²) in [7, 11) is 1.62. The van der Waals surface area contributed by atoms with Crippen LogP contribution in [0.3, 0.4) is 0 Å². The Morgan fingerprint density at radius 1 is 1.31 bits per heavy atom. The summed E-state index contributed by atoms with van der Waals surface area (Å²) >= 11 is 1.46. The maximum atomic E-state index is 12.6. The van der Waals surface area contributed by atoms with Crippen LogP contribution in [0.4, 0.5) is 10.9 Å². The first-order chi connectivity index (χ1) is 12.7. The number of hydrogen-bond acceptors (Lipinski definition) is 7. The summed E-state index contributed by atoms with van der Waals surface area (Å²) in [5.41, 5.74) is 0.785. The van der Waals surface area contributed by atoms with Crippen molar-refractivity contribution in [3.63, 3.8) is 0 Å². The van der Waals surface area contributed by atoms with Gasteiger partial charge in [0, 0.05) is 31.4 Å². The maximum Gasteiger partial charge on any atom is 0.229 e. The van der Waals surface area contributed by atoms with Gasteiger partial charge in [-0.1, -0.05) is 17.4 Å². The minimum Gasteiger partial charge on any atom is -0.494 e. The molecule has 0 aliphatic carbocycles. The van der Waals surface area contributed by atoms with E-state index in [0.29, 0.717) is 5.13 Å². The molecule has 1 N–H and O–H groups in total. The van der Waals surface area contributed by atoms with Crippen molar-refractivity contribution in [1.82, 2.24) is 15.0 Å². The van der Waals surface area contributed by atoms with Crippen molar-refractivity contribution in [3.05, 3.63) is 36.8 Å². The third kappa shape index (κ3) is 3.32. The largest absolute Gasteiger partial charge is 0.494 e. The van der Waals surface area contributed by atoms with Crippen LogP contribution in [0, 0.1) is 5.92 Å². The number of anilines is 2. The van der Waals surface area contributed by atoms with Gasteiger partial charge in [0.15, 0.2) is 5.13 Å². The number of carbonyl (C=O) groups is 1. The number of thiazole rings is 1. The Morgan fingerprint density at radius 2 is 2.15 bits per heavy atom. The lowest BCUT2D eigenvalue weighted by Gasteiger charge is -2.31. The number of carbonyl (C=O) groups excluding carboxylic acids is 1. The first-order valence-electron chi connectivity index (χ1n) is 8.50. The number of nitrogens with zero attached hydrogens (tertiary/aromatic N) is 4. The van der Waals surface area contributed by atoms with Gasteiger partial charge in [-0.05, 0) is 25.0 Å². The van der Waals surface area contributed by atoms with Crippen molar-refractivity contribution >= 4 is 38.4 Å². The predicted octanol–water partition coefficient (Wildman–Crippen LogP) is 2.95. The molecule has 0 spiro atoms. The van der Waals surface area contributed by atoms with E-state index in [1.165, 1.54) is 11.3 Å². The number of rotatable bonds is 4. The second-order valence-corrected chi connectivity index (χ2v) is 7.17. The van der Waals surface area contributed by atoms with Crippen LogP contribution >= 0.6 is 11.3 Å². The van der Waals surface area contributed by atoms with E-state index in [1.54, 1.807) is 25.7 Å². The van der Waals surface area contributed by atoms with Crippen LogP contribution in [-0.4, -0.2) is 41.1 Å². The zero-order chi connectivity index (χ0) is 17.9. The molecule has 1 aromatic carbocycles. The smallest absolute Gasteiger partial charge is 0.229 e. The van der Waals surface area contributed by atoms with E-state index >= 15 is 0 Å². The van der Waals surface area contributed by atoms with Crippen LogP contribution in [0.15, 0.2) is 36.8 Å². The Morgan fingerprint density at radius 3 is 2.88 bits per heavy atom. The van der Waals surface area contributed by atoms with E-state index in [-0.39, 0.29) is 11.8 Å². The van der Waals surface area contributed by atoms with Crippen LogP contribution in [0.25, 0.3) is 10.2 Å². The van der Waals surface area contributed by atoms with Crippen LogP contribution in [0.2, 0.25) is 0 Å². The summed E-state index contributed by atoms with van der Waals surface area (Å²) < 4.78 is 6.33. The highest BCUT2D eigenvalue weighted by Gasteiger charge is 2.26. The molecule has 8 heteroatoms. The molecule has 26 heavy (non-hydrogen) atoms. The van der Waals surface area contributed by atoms with Crippen molar-refractivity contribution in [2.24, 2.45) is 5.92 Å². The molecule has 134 valence electrons. The van der Waals surface area contributed by atoms with Gasteiger partial charge >= 0.3 is 0 Å². The number of ether oxygens (including phenoxy) is 1. The lowest BCUT2D eigenvalue weighted by atomic mass is 9.96. The van der Waals surface area contributed by atoms with Crippen molar-refractivity contribution in [3.8, 4) is 5.75 Å². The molecule has 0 bridgehead atoms. The Hall–Kier alpha value is -2.74. The number of methoxy groups -OCH3 is 1. The summed E-state index contributed by atoms with van der Waals surface area (Å²) in [6.45, 7) is 1.59. The van der Waals surface area contributed by atoms with Crippen molar-refractivity contribution < 1.29 is 9.53 Å². The van der Waals surface area contributed by atoms with Gasteiger partial charge in [-0.15, -0.1) is 0 Å². The topological polar surface area (TPSA) is 80.2 Å². The fourth-order valence-corrected chi connectivity index (χ4v) is 4.06. The van der Waals surface area contributed by atoms with Gasteiger partial charge in [-0.25, -0.2) is 9.97 Å². The zero-order valence-electron chi connectivity index (χ0n) is 14.4. The number of amides is 1. The van der Waals surface area contributed by atoms with Gasteiger partial charge in [0.2, 0.25) is 5.91 Å². The number of para-hydroxylation sites is 1. The van der Waals surface area contributed by atoms with Crippen LogP contribution in [-0.2, 0) is 4.79 Å². The SMILES string of the molecule is COc1cccc2sc(NC(=O)C3CCN(c4cnccn4)CC3)nc12. The number of nitrogens with one attached hydrogen (secondary N) is 1. The van der Waals surface area contributed by atoms with E-state index in [1.807, 2.05) is 18.2 Å². The van der Waals surface area contributed by atoms with Crippen LogP contribution < -0.4 is 15.0 Å². The molecule has 0 unspecified atom stereocenters. The zero-order valence-corrected chi connectivity index (χ0v) is 15.2. The molecule has 3 aromatic rings. The minimum absolute atomic E-state index is 0.0168. The van der Waals surface area contributed by atoms with Gasteiger partial charge in [-0.3, -0.25) is 9.78 Å². The van der Waals surface area contributed by atoms with Crippen molar-refractivity contribution in [1.29, 1.82) is 0 Å². The first kappa shape index (κ1) is 16.7. The van der Waals surface area contributed by atoms with E-state index in [2.05, 4.69) is 25.2 Å². The molecular formula is C18H19N5O2S. The first-order valence-corrected chi connectivity index (χ1v) is 9.31. The summed E-state index contributed by atoms with van der Waals surface area (Å²) in [4.78, 5) is 27.7. The molecule has 0 atom stereocenters. The van der Waals surface area contributed by atoms with Gasteiger partial charge in [-0.2, -0.15) is 0 Å². The predicted molar refractivity (Wildman–Crippen MR) is 102 cm³/mol. The number of piperidine rings is 1. The molecule has 1 amide bonds. The normalized spacial score (nSPS) is 15.2. The molecule has 3 heterocycles. The summed E-state index contributed by atoms with van der Waals surface area (Å²) in [6.07, 6.45) is 6.69. The van der Waals surface area contributed by atoms with Crippen molar-refractivity contribution in [2.45, 2.75) is 12.8 Å². The third-order valence-corrected chi connectivity index (χ3v) is 5.51. The molecule has 7 nitrogen and oxygen atoms in total. The number of fused-ring (bicyclic) bond motifs is 1. The van der Waals surface area contributed by atoms with E-state index in [4.69, 9.17) is 4.74 Å². The minimum atomic E-state index is -0.0168. The number of aromatic nitrogens is 3. The molecule has 0 saturated carbocycles. The van der Waals surface area contributed by atoms with Crippen molar-refractivity contribution in [2.75, 3.05) is 30.4 Å². The van der Waals surface area contributed by atoms with Gasteiger partial charge in [0.1, 0.15) is 17.1 Å². The molecule has 0 radical (unpaired) electrons. The molecule has 4 rings (SSSR count). The summed E-state index contributed by atoms with van der Waals surface area (Å²) in [6, 6.07) is 5.77. The third-order valence-electron chi connectivity index (χ3n) is 4.57. The van der Waals surface area contributed by atoms with Gasteiger partial charge < -0.3 is 15.0 Å². The Bertz CT molecular complexity index is 906. The Kier molecular flexibility index (Phi) is 4.66. The Labute approximate surface area is 155 Å². The number of hydrogen-bond donors (Lipinski definition) is 1. The van der Waals surface area contributed by atoms with Gasteiger partial charge in [0.05, 0.1) is 18.0 Å². The lowest BCUT2D eigenvalue weighted by Crippen LogP contribution is -2.38. The number of benzene rings is 1. The molecule has 1 aliphatic heterocycles. The van der Waals surface area contributed by atoms with E-state index < -0.39 is 0 Å². The highest BCUT2D eigenvalue weighted by molar-refractivity contribution is 7.22. The summed E-state index contributed by atoms with van der Waals surface area (Å²) in [5.74, 6) is 1.60. The van der Waals surface area contributed by atoms with Crippen LogP contribution in [0.1, 0.15) is 12.8 Å². The lowest BCUT2D eigenvalue weighted by molar-refractivity contribution is -0.120.